The summed E-state index contributed by atoms with van der Waals surface area (Å²) in [5, 5.41) is 15.7. The van der Waals surface area contributed by atoms with E-state index in [9.17, 15) is 14.9 Å². The highest BCUT2D eigenvalue weighted by Crippen LogP contribution is 2.37. The van der Waals surface area contributed by atoms with Crippen molar-refractivity contribution >= 4 is 33.9 Å². The first-order valence-corrected chi connectivity index (χ1v) is 12.8. The number of rotatable bonds is 11. The monoisotopic (exact) mass is 492 g/mol. The van der Waals surface area contributed by atoms with E-state index in [4.69, 9.17) is 4.74 Å². The Hall–Kier alpha value is -3.44. The number of hydrogen-bond donors (Lipinski definition) is 2. The number of thiazole rings is 1. The molecule has 8 heteroatoms. The van der Waals surface area contributed by atoms with Gasteiger partial charge in [-0.05, 0) is 36.8 Å². The molecule has 1 aliphatic carbocycles. The smallest absolute Gasteiger partial charge is 0.248 e. The standard InChI is InChI=1S/C27H32N4O3S/c1-4-10-21(29-24(32)15-18(2)3)26(33)31-27-30-22(16-28)25(35-27)20-13-8-9-14-23(20)34-17-19-11-6-5-7-12-19/h5-7,11-14,18,21H,4,8-10,15,17H2,1-3H3,(H,29,32)(H,30,31,33)/t21-/m0/s1. The number of benzene rings is 1. The minimum Gasteiger partial charge on any atom is -0.489 e. The minimum atomic E-state index is -0.650. The van der Waals surface area contributed by atoms with Crippen molar-refractivity contribution in [1.82, 2.24) is 10.3 Å². The normalized spacial score (nSPS) is 13.9. The van der Waals surface area contributed by atoms with Crippen LogP contribution in [0.2, 0.25) is 0 Å². The maximum Gasteiger partial charge on any atom is 0.248 e. The van der Waals surface area contributed by atoms with Crippen LogP contribution < -0.4 is 10.6 Å². The number of ether oxygens (including phenoxy) is 1. The number of amides is 2. The Morgan fingerprint density at radius 2 is 1.94 bits per heavy atom. The number of hydrogen-bond acceptors (Lipinski definition) is 6. The van der Waals surface area contributed by atoms with Crippen LogP contribution in [-0.4, -0.2) is 22.8 Å². The zero-order valence-corrected chi connectivity index (χ0v) is 21.3. The first-order valence-electron chi connectivity index (χ1n) is 12.0. The summed E-state index contributed by atoms with van der Waals surface area (Å²) in [5.41, 5.74) is 2.11. The Morgan fingerprint density at radius 1 is 1.20 bits per heavy atom. The Bertz CT molecular complexity index is 1130. The minimum absolute atomic E-state index is 0.149. The lowest BCUT2D eigenvalue weighted by Gasteiger charge is -2.18. The highest BCUT2D eigenvalue weighted by molar-refractivity contribution is 7.17. The Balaban J connectivity index is 1.74. The van der Waals surface area contributed by atoms with Gasteiger partial charge in [0.15, 0.2) is 10.8 Å². The van der Waals surface area contributed by atoms with Gasteiger partial charge in [0.2, 0.25) is 11.8 Å². The molecule has 0 radical (unpaired) electrons. The number of nitrogens with one attached hydrogen (secondary N) is 2. The van der Waals surface area contributed by atoms with E-state index in [1.807, 2.05) is 63.3 Å². The zero-order chi connectivity index (χ0) is 25.2. The van der Waals surface area contributed by atoms with Crippen LogP contribution in [0.25, 0.3) is 5.57 Å². The fraction of sp³-hybridized carbons (Fsp3) is 0.407. The average molecular weight is 493 g/mol. The molecule has 1 aliphatic rings. The van der Waals surface area contributed by atoms with Gasteiger partial charge in [-0.2, -0.15) is 5.26 Å². The van der Waals surface area contributed by atoms with Gasteiger partial charge in [0.05, 0.1) is 4.88 Å². The fourth-order valence-corrected chi connectivity index (χ4v) is 4.70. The van der Waals surface area contributed by atoms with Crippen LogP contribution in [0.3, 0.4) is 0 Å². The van der Waals surface area contributed by atoms with Crippen molar-refractivity contribution in [2.75, 3.05) is 5.32 Å². The highest BCUT2D eigenvalue weighted by atomic mass is 32.1. The van der Waals surface area contributed by atoms with E-state index in [1.165, 1.54) is 11.3 Å². The number of carbonyl (C=O) groups excluding carboxylic acids is 2. The zero-order valence-electron chi connectivity index (χ0n) is 20.5. The van der Waals surface area contributed by atoms with Crippen molar-refractivity contribution in [3.05, 3.63) is 64.4 Å². The van der Waals surface area contributed by atoms with E-state index in [0.29, 0.717) is 35.2 Å². The molecular weight excluding hydrogens is 460 g/mol. The second kappa shape index (κ2) is 12.9. The summed E-state index contributed by atoms with van der Waals surface area (Å²) < 4.78 is 6.10. The van der Waals surface area contributed by atoms with Gasteiger partial charge in [-0.25, -0.2) is 4.98 Å². The molecule has 3 rings (SSSR count). The van der Waals surface area contributed by atoms with Crippen LogP contribution in [0.4, 0.5) is 5.13 Å². The second-order valence-corrected chi connectivity index (χ2v) is 9.84. The van der Waals surface area contributed by atoms with Gasteiger partial charge in [0.25, 0.3) is 0 Å². The predicted molar refractivity (Wildman–Crippen MR) is 138 cm³/mol. The van der Waals surface area contributed by atoms with Gasteiger partial charge in [0.1, 0.15) is 24.5 Å². The van der Waals surface area contributed by atoms with Crippen molar-refractivity contribution < 1.29 is 14.3 Å². The summed E-state index contributed by atoms with van der Waals surface area (Å²) in [6.45, 7) is 6.30. The average Bonchev–Trinajstić information content (AvgIpc) is 3.25. The molecule has 0 unspecified atom stereocenters. The van der Waals surface area contributed by atoms with Gasteiger partial charge < -0.3 is 15.4 Å². The van der Waals surface area contributed by atoms with Crippen LogP contribution in [0, 0.1) is 17.2 Å². The van der Waals surface area contributed by atoms with Crippen LogP contribution in [-0.2, 0) is 20.9 Å². The van der Waals surface area contributed by atoms with Crippen LogP contribution >= 0.6 is 11.3 Å². The number of nitrogens with zero attached hydrogens (tertiary/aromatic N) is 2. The summed E-state index contributed by atoms with van der Waals surface area (Å²) in [7, 11) is 0. The molecule has 2 N–H and O–H groups in total. The molecule has 184 valence electrons. The number of nitriles is 1. The van der Waals surface area contributed by atoms with Crippen LogP contribution in [0.1, 0.15) is 69.0 Å². The molecule has 1 atom stereocenters. The molecule has 7 nitrogen and oxygen atoms in total. The lowest BCUT2D eigenvalue weighted by Crippen LogP contribution is -2.44. The van der Waals surface area contributed by atoms with E-state index in [0.717, 1.165) is 30.4 Å². The lowest BCUT2D eigenvalue weighted by atomic mass is 10.0. The molecular formula is C27H32N4O3S. The molecule has 0 aliphatic heterocycles. The molecule has 1 aromatic carbocycles. The van der Waals surface area contributed by atoms with Crippen molar-refractivity contribution in [1.29, 1.82) is 5.26 Å². The van der Waals surface area contributed by atoms with Crippen molar-refractivity contribution in [3.8, 4) is 6.07 Å². The summed E-state index contributed by atoms with van der Waals surface area (Å²) in [6.07, 6.45) is 7.38. The summed E-state index contributed by atoms with van der Waals surface area (Å²) in [5.74, 6) is 0.435. The third-order valence-electron chi connectivity index (χ3n) is 5.38. The first-order chi connectivity index (χ1) is 16.9. The van der Waals surface area contributed by atoms with Crippen molar-refractivity contribution in [2.24, 2.45) is 5.92 Å². The van der Waals surface area contributed by atoms with Crippen LogP contribution in [0.15, 0.2) is 48.2 Å². The molecule has 0 fully saturated rings. The molecule has 0 saturated carbocycles. The molecule has 0 saturated heterocycles. The highest BCUT2D eigenvalue weighted by Gasteiger charge is 2.25. The summed E-state index contributed by atoms with van der Waals surface area (Å²) >= 11 is 1.24. The number of anilines is 1. The second-order valence-electron chi connectivity index (χ2n) is 8.84. The summed E-state index contributed by atoms with van der Waals surface area (Å²) in [4.78, 5) is 30.2. The Kier molecular flexibility index (Phi) is 9.62. The number of allylic oxidation sites excluding steroid dienone is 3. The van der Waals surface area contributed by atoms with Gasteiger partial charge in [-0.3, -0.25) is 9.59 Å². The molecule has 0 bridgehead atoms. The molecule has 1 aromatic heterocycles. The summed E-state index contributed by atoms with van der Waals surface area (Å²) in [6, 6.07) is 11.4. The molecule has 2 amide bonds. The van der Waals surface area contributed by atoms with Gasteiger partial charge in [0, 0.05) is 12.0 Å². The van der Waals surface area contributed by atoms with Crippen molar-refractivity contribution in [2.45, 2.75) is 65.5 Å². The number of carbonyl (C=O) groups is 2. The van der Waals surface area contributed by atoms with E-state index in [-0.39, 0.29) is 23.4 Å². The molecule has 35 heavy (non-hydrogen) atoms. The fourth-order valence-electron chi connectivity index (χ4n) is 3.74. The maximum absolute atomic E-state index is 12.9. The van der Waals surface area contributed by atoms with Crippen LogP contribution in [0.5, 0.6) is 0 Å². The Morgan fingerprint density at radius 3 is 2.63 bits per heavy atom. The largest absolute Gasteiger partial charge is 0.489 e. The van der Waals surface area contributed by atoms with E-state index in [1.54, 1.807) is 0 Å². The third kappa shape index (κ3) is 7.52. The first kappa shape index (κ1) is 26.2. The SMILES string of the molecule is CCC[C@H](NC(=O)CC(C)C)C(=O)Nc1nc(C#N)c(C2=CCCC=C2OCc2ccccc2)s1. The lowest BCUT2D eigenvalue weighted by molar-refractivity contribution is -0.127. The Labute approximate surface area is 210 Å². The van der Waals surface area contributed by atoms with Gasteiger partial charge in [-0.15, -0.1) is 0 Å². The van der Waals surface area contributed by atoms with E-state index >= 15 is 0 Å². The quantitative estimate of drug-likeness (QED) is 0.427. The predicted octanol–water partition coefficient (Wildman–Crippen LogP) is 5.56. The maximum atomic E-state index is 12.9. The topological polar surface area (TPSA) is 104 Å². The molecule has 0 spiro atoms. The third-order valence-corrected chi connectivity index (χ3v) is 6.38. The van der Waals surface area contributed by atoms with E-state index in [2.05, 4.69) is 21.7 Å². The van der Waals surface area contributed by atoms with E-state index < -0.39 is 6.04 Å². The van der Waals surface area contributed by atoms with Gasteiger partial charge in [-0.1, -0.05) is 74.9 Å². The number of aromatic nitrogens is 1. The van der Waals surface area contributed by atoms with Crippen molar-refractivity contribution in [3.63, 3.8) is 0 Å². The van der Waals surface area contributed by atoms with Gasteiger partial charge >= 0.3 is 0 Å². The molecule has 2 aromatic rings. The molecule has 1 heterocycles.